The Balaban J connectivity index is 2.33. The molecule has 0 saturated heterocycles. The number of esters is 1. The lowest BCUT2D eigenvalue weighted by atomic mass is 10.1. The van der Waals surface area contributed by atoms with Crippen molar-refractivity contribution in [3.63, 3.8) is 0 Å². The first-order valence-electron chi connectivity index (χ1n) is 7.60. The third-order valence-corrected chi connectivity index (χ3v) is 5.43. The van der Waals surface area contributed by atoms with Gasteiger partial charge in [0.25, 0.3) is 0 Å². The molecule has 2 rings (SSSR count). The summed E-state index contributed by atoms with van der Waals surface area (Å²) in [5.41, 5.74) is 0.492. The Hall–Kier alpha value is -2.71. The van der Waals surface area contributed by atoms with E-state index in [0.29, 0.717) is 5.56 Å². The van der Waals surface area contributed by atoms with Gasteiger partial charge in [-0.15, -0.1) is 0 Å². The van der Waals surface area contributed by atoms with E-state index in [9.17, 15) is 18.0 Å². The van der Waals surface area contributed by atoms with Crippen molar-refractivity contribution in [3.05, 3.63) is 53.6 Å². The first kappa shape index (κ1) is 19.6. The summed E-state index contributed by atoms with van der Waals surface area (Å²) in [6.45, 7) is 1.41. The van der Waals surface area contributed by atoms with E-state index < -0.39 is 16.0 Å². The molecule has 0 fully saturated rings. The van der Waals surface area contributed by atoms with Gasteiger partial charge in [0.1, 0.15) is 0 Å². The number of hydrogen-bond donors (Lipinski definition) is 0. The maximum atomic E-state index is 12.4. The van der Waals surface area contributed by atoms with Crippen LogP contribution < -0.4 is 9.47 Å². The lowest BCUT2D eigenvalue weighted by Crippen LogP contribution is -2.22. The molecule has 0 unspecified atom stereocenters. The van der Waals surface area contributed by atoms with Gasteiger partial charge in [-0.3, -0.25) is 4.79 Å². The molecular weight excluding hydrogens is 358 g/mol. The van der Waals surface area contributed by atoms with Crippen molar-refractivity contribution >= 4 is 21.8 Å². The van der Waals surface area contributed by atoms with Crippen LogP contribution in [-0.4, -0.2) is 45.7 Å². The minimum Gasteiger partial charge on any atom is -0.493 e. The summed E-state index contributed by atoms with van der Waals surface area (Å²) in [6.07, 6.45) is 0. The highest BCUT2D eigenvalue weighted by Crippen LogP contribution is 2.29. The number of hydrogen-bond acceptors (Lipinski definition) is 6. The Morgan fingerprint density at radius 1 is 0.962 bits per heavy atom. The minimum atomic E-state index is -3.67. The van der Waals surface area contributed by atoms with Crippen LogP contribution in [0.3, 0.4) is 0 Å². The zero-order chi connectivity index (χ0) is 19.5. The van der Waals surface area contributed by atoms with Gasteiger partial charge in [-0.05, 0) is 43.3 Å². The molecule has 138 valence electrons. The molecule has 0 spiro atoms. The van der Waals surface area contributed by atoms with Crippen molar-refractivity contribution in [2.24, 2.45) is 0 Å². The van der Waals surface area contributed by atoms with Gasteiger partial charge in [0, 0.05) is 19.7 Å². The number of rotatable bonds is 6. The SMILES string of the molecule is COc1cc(C(C)=O)ccc1OC(=O)c1cccc(S(=O)(=O)N(C)C)c1. The topological polar surface area (TPSA) is 90.0 Å². The monoisotopic (exact) mass is 377 g/mol. The predicted molar refractivity (Wildman–Crippen MR) is 95.3 cm³/mol. The highest BCUT2D eigenvalue weighted by molar-refractivity contribution is 7.89. The smallest absolute Gasteiger partial charge is 0.343 e. The molecule has 2 aromatic rings. The largest absolute Gasteiger partial charge is 0.493 e. The van der Waals surface area contributed by atoms with Crippen LogP contribution in [0.25, 0.3) is 0 Å². The first-order chi connectivity index (χ1) is 12.2. The average molecular weight is 377 g/mol. The summed E-state index contributed by atoms with van der Waals surface area (Å²) < 4.78 is 35.9. The maximum absolute atomic E-state index is 12.4. The molecule has 8 heteroatoms. The molecule has 7 nitrogen and oxygen atoms in total. The lowest BCUT2D eigenvalue weighted by Gasteiger charge is -2.13. The summed E-state index contributed by atoms with van der Waals surface area (Å²) in [7, 11) is 0.528. The average Bonchev–Trinajstić information content (AvgIpc) is 2.61. The highest BCUT2D eigenvalue weighted by atomic mass is 32.2. The van der Waals surface area contributed by atoms with Gasteiger partial charge in [0.05, 0.1) is 17.6 Å². The number of ether oxygens (including phenoxy) is 2. The summed E-state index contributed by atoms with van der Waals surface area (Å²) in [5, 5.41) is 0. The number of carbonyl (C=O) groups excluding carboxylic acids is 2. The van der Waals surface area contributed by atoms with E-state index in [-0.39, 0.29) is 27.7 Å². The Kier molecular flexibility index (Phi) is 5.79. The fourth-order valence-corrected chi connectivity index (χ4v) is 3.07. The summed E-state index contributed by atoms with van der Waals surface area (Å²) in [5.74, 6) is -0.538. The zero-order valence-electron chi connectivity index (χ0n) is 14.8. The van der Waals surface area contributed by atoms with E-state index in [1.165, 1.54) is 70.6 Å². The number of ketones is 1. The van der Waals surface area contributed by atoms with E-state index in [1.807, 2.05) is 0 Å². The molecule has 0 aliphatic rings. The molecular formula is C18H19NO6S. The molecule has 0 amide bonds. The van der Waals surface area contributed by atoms with Gasteiger partial charge < -0.3 is 9.47 Å². The molecule has 0 N–H and O–H groups in total. The maximum Gasteiger partial charge on any atom is 0.343 e. The van der Waals surface area contributed by atoms with Gasteiger partial charge in [-0.25, -0.2) is 17.5 Å². The summed E-state index contributed by atoms with van der Waals surface area (Å²) >= 11 is 0. The van der Waals surface area contributed by atoms with Crippen LogP contribution in [0.4, 0.5) is 0 Å². The van der Waals surface area contributed by atoms with E-state index in [1.54, 1.807) is 0 Å². The number of sulfonamides is 1. The Bertz CT molecular complexity index is 950. The van der Waals surface area contributed by atoms with E-state index in [2.05, 4.69) is 0 Å². The molecule has 0 aliphatic heterocycles. The summed E-state index contributed by atoms with van der Waals surface area (Å²) in [6, 6.07) is 9.99. The van der Waals surface area contributed by atoms with Crippen LogP contribution in [0, 0.1) is 0 Å². The first-order valence-corrected chi connectivity index (χ1v) is 9.04. The lowest BCUT2D eigenvalue weighted by molar-refractivity contribution is 0.0729. The standard InChI is InChI=1S/C18H19NO6S/c1-12(20)13-8-9-16(17(11-13)24-4)25-18(21)14-6-5-7-15(10-14)26(22,23)19(2)3/h5-11H,1-4H3. The fraction of sp³-hybridized carbons (Fsp3) is 0.222. The second kappa shape index (κ2) is 7.67. The van der Waals surface area contributed by atoms with E-state index in [4.69, 9.17) is 9.47 Å². The summed E-state index contributed by atoms with van der Waals surface area (Å²) in [4.78, 5) is 23.8. The van der Waals surface area contributed by atoms with Gasteiger partial charge in [0.2, 0.25) is 10.0 Å². The Morgan fingerprint density at radius 2 is 1.65 bits per heavy atom. The van der Waals surface area contributed by atoms with Crippen LogP contribution in [0.15, 0.2) is 47.4 Å². The molecule has 26 heavy (non-hydrogen) atoms. The molecule has 0 saturated carbocycles. The van der Waals surface area contributed by atoms with Gasteiger partial charge in [-0.2, -0.15) is 0 Å². The number of carbonyl (C=O) groups is 2. The van der Waals surface area contributed by atoms with Crippen molar-refractivity contribution in [2.45, 2.75) is 11.8 Å². The Morgan fingerprint density at radius 3 is 2.23 bits per heavy atom. The van der Waals surface area contributed by atoms with E-state index >= 15 is 0 Å². The van der Waals surface area contributed by atoms with Crippen LogP contribution in [0.5, 0.6) is 11.5 Å². The van der Waals surface area contributed by atoms with Gasteiger partial charge >= 0.3 is 5.97 Å². The van der Waals surface area contributed by atoms with E-state index in [0.717, 1.165) is 4.31 Å². The van der Waals surface area contributed by atoms with Crippen LogP contribution in [-0.2, 0) is 10.0 Å². The molecule has 0 radical (unpaired) electrons. The second-order valence-corrected chi connectivity index (χ2v) is 7.78. The van der Waals surface area contributed by atoms with Crippen molar-refractivity contribution in [2.75, 3.05) is 21.2 Å². The van der Waals surface area contributed by atoms with Gasteiger partial charge in [0.15, 0.2) is 17.3 Å². The third kappa shape index (κ3) is 4.09. The quantitative estimate of drug-likeness (QED) is 0.436. The number of nitrogens with zero attached hydrogens (tertiary/aromatic N) is 1. The van der Waals surface area contributed by atoms with Crippen molar-refractivity contribution in [3.8, 4) is 11.5 Å². The highest BCUT2D eigenvalue weighted by Gasteiger charge is 2.20. The second-order valence-electron chi connectivity index (χ2n) is 5.63. The predicted octanol–water partition coefficient (Wildman–Crippen LogP) is 2.37. The van der Waals surface area contributed by atoms with Crippen molar-refractivity contribution < 1.29 is 27.5 Å². The van der Waals surface area contributed by atoms with Crippen LogP contribution >= 0.6 is 0 Å². The molecule has 2 aromatic carbocycles. The van der Waals surface area contributed by atoms with Crippen molar-refractivity contribution in [1.29, 1.82) is 0 Å². The molecule has 0 aliphatic carbocycles. The third-order valence-electron chi connectivity index (χ3n) is 3.62. The van der Waals surface area contributed by atoms with Crippen molar-refractivity contribution in [1.82, 2.24) is 4.31 Å². The molecule has 0 aromatic heterocycles. The molecule has 0 bridgehead atoms. The number of Topliss-reactive ketones (excluding diaryl/α,β-unsaturated/α-hetero) is 1. The molecule has 0 heterocycles. The number of methoxy groups -OCH3 is 1. The molecule has 0 atom stereocenters. The Labute approximate surface area is 152 Å². The van der Waals surface area contributed by atoms with Crippen LogP contribution in [0.1, 0.15) is 27.6 Å². The number of benzene rings is 2. The fourth-order valence-electron chi connectivity index (χ4n) is 2.12. The van der Waals surface area contributed by atoms with Gasteiger partial charge in [-0.1, -0.05) is 6.07 Å². The zero-order valence-corrected chi connectivity index (χ0v) is 15.7. The normalized spacial score (nSPS) is 11.3. The minimum absolute atomic E-state index is 0.0177. The van der Waals surface area contributed by atoms with Crippen LogP contribution in [0.2, 0.25) is 0 Å².